The number of amides is 1. The fourth-order valence-corrected chi connectivity index (χ4v) is 3.61. The number of ether oxygens (including phenoxy) is 3. The topological polar surface area (TPSA) is 56.8 Å². The Morgan fingerprint density at radius 1 is 1.18 bits per heavy atom. The molecule has 2 aromatic carbocycles. The highest BCUT2D eigenvalue weighted by Gasteiger charge is 2.14. The SMILES string of the molecule is CC(NC(=O)CCSc1ccc2c(c1)OCCO2)c1cccc(OC(F)F)c1. The summed E-state index contributed by atoms with van der Waals surface area (Å²) >= 11 is 1.55. The van der Waals surface area contributed by atoms with E-state index in [2.05, 4.69) is 10.1 Å². The number of alkyl halides is 2. The van der Waals surface area contributed by atoms with Crippen LogP contribution in [0.15, 0.2) is 47.4 Å². The number of thioether (sulfide) groups is 1. The van der Waals surface area contributed by atoms with Gasteiger partial charge in [0.05, 0.1) is 6.04 Å². The first-order chi connectivity index (χ1) is 13.5. The molecule has 0 bridgehead atoms. The van der Waals surface area contributed by atoms with E-state index in [0.717, 1.165) is 16.4 Å². The molecule has 3 rings (SSSR count). The lowest BCUT2D eigenvalue weighted by molar-refractivity contribution is -0.121. The van der Waals surface area contributed by atoms with Crippen LogP contribution in [0.1, 0.15) is 24.9 Å². The van der Waals surface area contributed by atoms with Crippen LogP contribution in [0, 0.1) is 0 Å². The molecule has 0 aliphatic carbocycles. The summed E-state index contributed by atoms with van der Waals surface area (Å²) < 4.78 is 40.1. The first-order valence-corrected chi connectivity index (χ1v) is 9.86. The second-order valence-corrected chi connectivity index (χ2v) is 7.31. The molecule has 0 saturated heterocycles. The van der Waals surface area contributed by atoms with Crippen LogP contribution >= 0.6 is 11.8 Å². The third kappa shape index (κ3) is 5.76. The molecule has 0 fully saturated rings. The van der Waals surface area contributed by atoms with E-state index in [9.17, 15) is 13.6 Å². The summed E-state index contributed by atoms with van der Waals surface area (Å²) in [5.74, 6) is 2.02. The summed E-state index contributed by atoms with van der Waals surface area (Å²) in [6.07, 6.45) is 0.330. The molecule has 150 valence electrons. The molecule has 28 heavy (non-hydrogen) atoms. The van der Waals surface area contributed by atoms with E-state index in [1.54, 1.807) is 30.8 Å². The molecule has 0 aromatic heterocycles. The van der Waals surface area contributed by atoms with Crippen molar-refractivity contribution in [1.29, 1.82) is 0 Å². The Balaban J connectivity index is 1.46. The first-order valence-electron chi connectivity index (χ1n) is 8.88. The predicted octanol–water partition coefficient (Wildman–Crippen LogP) is 4.42. The molecular formula is C20H21F2NO4S. The number of carbonyl (C=O) groups is 1. The summed E-state index contributed by atoms with van der Waals surface area (Å²) in [5.41, 5.74) is 0.700. The molecule has 0 saturated carbocycles. The van der Waals surface area contributed by atoms with Crippen molar-refractivity contribution in [2.24, 2.45) is 0 Å². The van der Waals surface area contributed by atoms with E-state index < -0.39 is 6.61 Å². The largest absolute Gasteiger partial charge is 0.486 e. The molecule has 1 aliphatic rings. The van der Waals surface area contributed by atoms with Crippen LogP contribution in [0.5, 0.6) is 17.2 Å². The van der Waals surface area contributed by atoms with Gasteiger partial charge in [-0.2, -0.15) is 8.78 Å². The van der Waals surface area contributed by atoms with Crippen LogP contribution in [0.4, 0.5) is 8.78 Å². The van der Waals surface area contributed by atoms with Crippen molar-refractivity contribution in [1.82, 2.24) is 5.32 Å². The number of carbonyl (C=O) groups excluding carboxylic acids is 1. The maximum absolute atomic E-state index is 12.3. The van der Waals surface area contributed by atoms with Gasteiger partial charge in [0.1, 0.15) is 19.0 Å². The van der Waals surface area contributed by atoms with Crippen molar-refractivity contribution < 1.29 is 27.8 Å². The van der Waals surface area contributed by atoms with Gasteiger partial charge in [-0.1, -0.05) is 12.1 Å². The number of fused-ring (bicyclic) bond motifs is 1. The molecule has 2 aromatic rings. The lowest BCUT2D eigenvalue weighted by Crippen LogP contribution is -2.26. The van der Waals surface area contributed by atoms with E-state index in [4.69, 9.17) is 9.47 Å². The highest BCUT2D eigenvalue weighted by Crippen LogP contribution is 2.34. The predicted molar refractivity (Wildman–Crippen MR) is 102 cm³/mol. The quantitative estimate of drug-likeness (QED) is 0.654. The number of hydrogen-bond acceptors (Lipinski definition) is 5. The molecule has 8 heteroatoms. The molecule has 1 atom stereocenters. The highest BCUT2D eigenvalue weighted by molar-refractivity contribution is 7.99. The van der Waals surface area contributed by atoms with Crippen LogP contribution in [0.3, 0.4) is 0 Å². The standard InChI is InChI=1S/C20H21F2NO4S/c1-13(14-3-2-4-15(11-14)27-20(21)22)23-19(24)7-10-28-16-5-6-17-18(12-16)26-9-8-25-17/h2-6,11-13,20H,7-10H2,1H3,(H,23,24). The van der Waals surface area contributed by atoms with Crippen molar-refractivity contribution in [3.8, 4) is 17.2 Å². The van der Waals surface area contributed by atoms with Gasteiger partial charge in [0.2, 0.25) is 5.91 Å². The zero-order chi connectivity index (χ0) is 19.9. The lowest BCUT2D eigenvalue weighted by Gasteiger charge is -2.18. The molecule has 0 radical (unpaired) electrons. The van der Waals surface area contributed by atoms with E-state index in [1.165, 1.54) is 12.1 Å². The van der Waals surface area contributed by atoms with Gasteiger partial charge >= 0.3 is 6.61 Å². The molecule has 1 N–H and O–H groups in total. The number of benzene rings is 2. The van der Waals surface area contributed by atoms with Crippen LogP contribution in [-0.4, -0.2) is 31.5 Å². The Morgan fingerprint density at radius 2 is 1.96 bits per heavy atom. The van der Waals surface area contributed by atoms with E-state index in [-0.39, 0.29) is 17.7 Å². The van der Waals surface area contributed by atoms with Crippen LogP contribution < -0.4 is 19.5 Å². The average Bonchev–Trinajstić information content (AvgIpc) is 2.67. The maximum Gasteiger partial charge on any atom is 0.387 e. The fraction of sp³-hybridized carbons (Fsp3) is 0.350. The van der Waals surface area contributed by atoms with E-state index in [0.29, 0.717) is 31.0 Å². The van der Waals surface area contributed by atoms with Gasteiger partial charge < -0.3 is 19.5 Å². The number of rotatable bonds is 8. The van der Waals surface area contributed by atoms with Gasteiger partial charge in [-0.25, -0.2) is 0 Å². The van der Waals surface area contributed by atoms with Crippen LogP contribution in [0.25, 0.3) is 0 Å². The second-order valence-electron chi connectivity index (χ2n) is 6.14. The third-order valence-electron chi connectivity index (χ3n) is 4.07. The fourth-order valence-electron chi connectivity index (χ4n) is 2.73. The van der Waals surface area contributed by atoms with Crippen molar-refractivity contribution >= 4 is 17.7 Å². The van der Waals surface area contributed by atoms with Crippen molar-refractivity contribution in [2.75, 3.05) is 19.0 Å². The van der Waals surface area contributed by atoms with E-state index >= 15 is 0 Å². The highest BCUT2D eigenvalue weighted by atomic mass is 32.2. The van der Waals surface area contributed by atoms with Gasteiger partial charge in [0.25, 0.3) is 0 Å². The summed E-state index contributed by atoms with van der Waals surface area (Å²) in [6, 6.07) is 11.7. The summed E-state index contributed by atoms with van der Waals surface area (Å²) in [6.45, 7) is 0.00517. The average molecular weight is 409 g/mol. The zero-order valence-electron chi connectivity index (χ0n) is 15.3. The van der Waals surface area contributed by atoms with Gasteiger partial charge in [0.15, 0.2) is 11.5 Å². The molecule has 0 spiro atoms. The zero-order valence-corrected chi connectivity index (χ0v) is 16.1. The summed E-state index contributed by atoms with van der Waals surface area (Å²) in [7, 11) is 0. The minimum absolute atomic E-state index is 0.0720. The Bertz CT molecular complexity index is 819. The molecular weight excluding hydrogens is 388 g/mol. The van der Waals surface area contributed by atoms with Gasteiger partial charge in [0, 0.05) is 17.1 Å². The smallest absolute Gasteiger partial charge is 0.387 e. The molecule has 1 heterocycles. The normalized spacial score (nSPS) is 13.9. The summed E-state index contributed by atoms with van der Waals surface area (Å²) in [4.78, 5) is 13.2. The Labute approximate surface area is 166 Å². The third-order valence-corrected chi connectivity index (χ3v) is 5.07. The summed E-state index contributed by atoms with van der Waals surface area (Å²) in [5, 5.41) is 2.87. The minimum atomic E-state index is -2.88. The Kier molecular flexibility index (Phi) is 6.97. The van der Waals surface area contributed by atoms with Crippen LogP contribution in [-0.2, 0) is 4.79 Å². The Hall–Kier alpha value is -2.48. The maximum atomic E-state index is 12.3. The molecule has 5 nitrogen and oxygen atoms in total. The van der Waals surface area contributed by atoms with Gasteiger partial charge in [-0.15, -0.1) is 11.8 Å². The first kappa shape index (κ1) is 20.3. The van der Waals surface area contributed by atoms with E-state index in [1.807, 2.05) is 18.2 Å². The lowest BCUT2D eigenvalue weighted by atomic mass is 10.1. The number of nitrogens with one attached hydrogen (secondary N) is 1. The number of halogens is 2. The molecule has 1 amide bonds. The van der Waals surface area contributed by atoms with Crippen molar-refractivity contribution in [2.45, 2.75) is 30.9 Å². The molecule has 1 unspecified atom stereocenters. The van der Waals surface area contributed by atoms with Gasteiger partial charge in [-0.05, 0) is 42.8 Å². The monoisotopic (exact) mass is 409 g/mol. The minimum Gasteiger partial charge on any atom is -0.486 e. The van der Waals surface area contributed by atoms with Gasteiger partial charge in [-0.3, -0.25) is 4.79 Å². The molecule has 1 aliphatic heterocycles. The number of hydrogen-bond donors (Lipinski definition) is 1. The second kappa shape index (κ2) is 9.64. The van der Waals surface area contributed by atoms with Crippen LogP contribution in [0.2, 0.25) is 0 Å². The van der Waals surface area contributed by atoms with Crippen molar-refractivity contribution in [3.63, 3.8) is 0 Å². The van der Waals surface area contributed by atoms with Crippen molar-refractivity contribution in [3.05, 3.63) is 48.0 Å². The Morgan fingerprint density at radius 3 is 2.75 bits per heavy atom.